The smallest absolute Gasteiger partial charge is 0.354 e. The van der Waals surface area contributed by atoms with Crippen LogP contribution in [0.15, 0.2) is 27.8 Å². The highest BCUT2D eigenvalue weighted by Gasteiger charge is 2.39. The quantitative estimate of drug-likeness (QED) is 0.542. The van der Waals surface area contributed by atoms with E-state index in [-0.39, 0.29) is 30.8 Å². The highest BCUT2D eigenvalue weighted by molar-refractivity contribution is 5.66. The SMILES string of the molecule is CC(C)Oc1ccc(Nc2nc(=O)n(CCC(=O)O)c(=O)n2CCC2C[C@H]3CC[C@@H]2C3)cc1F. The van der Waals surface area contributed by atoms with E-state index in [9.17, 15) is 18.8 Å². The van der Waals surface area contributed by atoms with Crippen LogP contribution in [0.1, 0.15) is 52.4 Å². The Bertz CT molecular complexity index is 1170. The van der Waals surface area contributed by atoms with Gasteiger partial charge in [-0.2, -0.15) is 4.98 Å². The maximum atomic E-state index is 14.5. The number of carboxylic acid groups (broad SMARTS) is 1. The molecular formula is C24H31FN4O5. The van der Waals surface area contributed by atoms with Gasteiger partial charge in [-0.05, 0) is 69.4 Å². The van der Waals surface area contributed by atoms with Crippen molar-refractivity contribution in [2.75, 3.05) is 5.32 Å². The van der Waals surface area contributed by atoms with Crippen molar-refractivity contribution in [2.24, 2.45) is 17.8 Å². The molecule has 10 heteroatoms. The molecule has 1 aromatic carbocycles. The van der Waals surface area contributed by atoms with Crippen LogP contribution in [-0.4, -0.2) is 31.3 Å². The van der Waals surface area contributed by atoms with E-state index in [0.717, 1.165) is 23.3 Å². The van der Waals surface area contributed by atoms with Crippen LogP contribution in [0.3, 0.4) is 0 Å². The van der Waals surface area contributed by atoms with Crippen molar-refractivity contribution >= 4 is 17.6 Å². The Hall–Kier alpha value is -3.17. The molecule has 2 N–H and O–H groups in total. The number of halogens is 1. The van der Waals surface area contributed by atoms with Gasteiger partial charge in [0.1, 0.15) is 0 Å². The lowest BCUT2D eigenvalue weighted by Gasteiger charge is -2.23. The maximum Gasteiger partial charge on any atom is 0.354 e. The summed E-state index contributed by atoms with van der Waals surface area (Å²) < 4.78 is 22.1. The zero-order valence-corrected chi connectivity index (χ0v) is 19.5. The molecule has 2 bridgehead atoms. The summed E-state index contributed by atoms with van der Waals surface area (Å²) in [6.07, 6.45) is 5.10. The van der Waals surface area contributed by atoms with E-state index in [1.165, 1.54) is 36.0 Å². The van der Waals surface area contributed by atoms with Gasteiger partial charge >= 0.3 is 17.3 Å². The van der Waals surface area contributed by atoms with Crippen molar-refractivity contribution in [3.63, 3.8) is 0 Å². The number of anilines is 2. The van der Waals surface area contributed by atoms with E-state index in [1.807, 2.05) is 0 Å². The number of rotatable bonds is 10. The molecule has 34 heavy (non-hydrogen) atoms. The van der Waals surface area contributed by atoms with Crippen LogP contribution in [-0.2, 0) is 17.9 Å². The Kier molecular flexibility index (Phi) is 7.04. The molecule has 9 nitrogen and oxygen atoms in total. The summed E-state index contributed by atoms with van der Waals surface area (Å²) in [7, 11) is 0. The summed E-state index contributed by atoms with van der Waals surface area (Å²) in [4.78, 5) is 40.7. The highest BCUT2D eigenvalue weighted by Crippen LogP contribution is 2.49. The second kappa shape index (κ2) is 9.99. The summed E-state index contributed by atoms with van der Waals surface area (Å²) in [6, 6.07) is 4.28. The summed E-state index contributed by atoms with van der Waals surface area (Å²) >= 11 is 0. The minimum absolute atomic E-state index is 0.0154. The van der Waals surface area contributed by atoms with Gasteiger partial charge in [-0.3, -0.25) is 9.36 Å². The van der Waals surface area contributed by atoms with Gasteiger partial charge in [0.05, 0.1) is 12.5 Å². The van der Waals surface area contributed by atoms with E-state index in [4.69, 9.17) is 9.84 Å². The Balaban J connectivity index is 1.62. The van der Waals surface area contributed by atoms with E-state index in [1.54, 1.807) is 19.9 Å². The first-order chi connectivity index (χ1) is 16.2. The molecule has 2 saturated carbocycles. The van der Waals surface area contributed by atoms with Crippen molar-refractivity contribution in [1.29, 1.82) is 0 Å². The predicted molar refractivity (Wildman–Crippen MR) is 124 cm³/mol. The first kappa shape index (κ1) is 24.0. The molecule has 0 saturated heterocycles. The largest absolute Gasteiger partial charge is 0.488 e. The summed E-state index contributed by atoms with van der Waals surface area (Å²) in [5.41, 5.74) is -1.14. The molecule has 2 aliphatic rings. The molecule has 0 amide bonds. The fourth-order valence-electron chi connectivity index (χ4n) is 5.31. The van der Waals surface area contributed by atoms with Crippen LogP contribution in [0.4, 0.5) is 16.0 Å². The van der Waals surface area contributed by atoms with Crippen molar-refractivity contribution < 1.29 is 19.0 Å². The van der Waals surface area contributed by atoms with Gasteiger partial charge in [-0.25, -0.2) is 18.5 Å². The molecule has 0 aliphatic heterocycles. The van der Waals surface area contributed by atoms with E-state index in [2.05, 4.69) is 10.3 Å². The average Bonchev–Trinajstić information content (AvgIpc) is 3.38. The van der Waals surface area contributed by atoms with Crippen molar-refractivity contribution in [2.45, 2.75) is 71.6 Å². The Morgan fingerprint density at radius 1 is 1.24 bits per heavy atom. The molecule has 0 radical (unpaired) electrons. The fraction of sp³-hybridized carbons (Fsp3) is 0.583. The standard InChI is InChI=1S/C24H31FN4O5/c1-14(2)34-20-6-5-18(13-19(20)25)26-22-27-23(32)29(10-8-21(30)31)24(33)28(22)9-7-17-12-15-3-4-16(17)11-15/h5-6,13-17H,3-4,7-12H2,1-2H3,(H,30,31)(H,26,27,32)/t15-,16+,17?/m0/s1. The molecule has 1 unspecified atom stereocenters. The fourth-order valence-corrected chi connectivity index (χ4v) is 5.31. The van der Waals surface area contributed by atoms with Crippen LogP contribution in [0, 0.1) is 23.6 Å². The number of ether oxygens (including phenoxy) is 1. The number of benzene rings is 1. The van der Waals surface area contributed by atoms with Crippen LogP contribution in [0.5, 0.6) is 5.75 Å². The van der Waals surface area contributed by atoms with Crippen LogP contribution < -0.4 is 21.4 Å². The van der Waals surface area contributed by atoms with Crippen molar-refractivity contribution in [3.05, 3.63) is 45.0 Å². The van der Waals surface area contributed by atoms with Crippen molar-refractivity contribution in [1.82, 2.24) is 14.1 Å². The Morgan fingerprint density at radius 3 is 2.65 bits per heavy atom. The number of carboxylic acids is 1. The summed E-state index contributed by atoms with van der Waals surface area (Å²) in [5, 5.41) is 11.9. The Labute approximate surface area is 196 Å². The lowest BCUT2D eigenvalue weighted by atomic mass is 9.86. The first-order valence-electron chi connectivity index (χ1n) is 11.9. The van der Waals surface area contributed by atoms with Crippen LogP contribution in [0.2, 0.25) is 0 Å². The predicted octanol–water partition coefficient (Wildman–Crippen LogP) is 3.38. The number of aromatic nitrogens is 3. The molecule has 1 aromatic heterocycles. The third-order valence-electron chi connectivity index (χ3n) is 6.86. The van der Waals surface area contributed by atoms with Crippen LogP contribution in [0.25, 0.3) is 0 Å². The van der Waals surface area contributed by atoms with Crippen molar-refractivity contribution in [3.8, 4) is 5.75 Å². The number of hydrogen-bond acceptors (Lipinski definition) is 6. The van der Waals surface area contributed by atoms with Gasteiger partial charge in [0.15, 0.2) is 11.6 Å². The molecule has 2 aromatic rings. The van der Waals surface area contributed by atoms with Gasteiger partial charge in [-0.15, -0.1) is 0 Å². The average molecular weight is 475 g/mol. The number of nitrogens with zero attached hydrogens (tertiary/aromatic N) is 3. The molecule has 2 fully saturated rings. The molecule has 184 valence electrons. The molecule has 0 spiro atoms. The monoisotopic (exact) mass is 474 g/mol. The highest BCUT2D eigenvalue weighted by atomic mass is 19.1. The van der Waals surface area contributed by atoms with Gasteiger partial charge in [0.2, 0.25) is 5.95 Å². The van der Waals surface area contributed by atoms with E-state index >= 15 is 0 Å². The third kappa shape index (κ3) is 5.31. The zero-order valence-electron chi connectivity index (χ0n) is 19.5. The minimum atomic E-state index is -1.11. The van der Waals surface area contributed by atoms with E-state index < -0.39 is 23.2 Å². The second-order valence-electron chi connectivity index (χ2n) is 9.61. The molecule has 3 atom stereocenters. The number of hydrogen-bond donors (Lipinski definition) is 2. The van der Waals surface area contributed by atoms with Gasteiger partial charge in [0, 0.05) is 24.8 Å². The number of carbonyl (C=O) groups is 1. The van der Waals surface area contributed by atoms with Gasteiger partial charge in [0.25, 0.3) is 0 Å². The van der Waals surface area contributed by atoms with E-state index in [0.29, 0.717) is 24.1 Å². The molecule has 2 aliphatic carbocycles. The number of nitrogens with one attached hydrogen (secondary N) is 1. The lowest BCUT2D eigenvalue weighted by Crippen LogP contribution is -2.43. The maximum absolute atomic E-state index is 14.5. The number of fused-ring (bicyclic) bond motifs is 2. The Morgan fingerprint density at radius 2 is 2.03 bits per heavy atom. The minimum Gasteiger partial charge on any atom is -0.488 e. The molecule has 4 rings (SSSR count). The second-order valence-corrected chi connectivity index (χ2v) is 9.61. The third-order valence-corrected chi connectivity index (χ3v) is 6.86. The molecular weight excluding hydrogens is 443 g/mol. The summed E-state index contributed by atoms with van der Waals surface area (Å²) in [5.74, 6) is 0.383. The first-order valence-corrected chi connectivity index (χ1v) is 11.9. The number of aliphatic carboxylic acids is 1. The molecule has 1 heterocycles. The lowest BCUT2D eigenvalue weighted by molar-refractivity contribution is -0.137. The normalized spacial score (nSPS) is 21.2. The topological polar surface area (TPSA) is 115 Å². The zero-order chi connectivity index (χ0) is 24.4. The van der Waals surface area contributed by atoms with Gasteiger partial charge in [-0.1, -0.05) is 6.42 Å². The van der Waals surface area contributed by atoms with Crippen LogP contribution >= 0.6 is 0 Å². The summed E-state index contributed by atoms with van der Waals surface area (Å²) in [6.45, 7) is 3.67. The van der Waals surface area contributed by atoms with Gasteiger partial charge < -0.3 is 15.2 Å².